The Bertz CT molecular complexity index is 1170. The Hall–Kier alpha value is -3.62. The second-order valence-corrected chi connectivity index (χ2v) is 8.00. The average Bonchev–Trinajstić information content (AvgIpc) is 3.51. The van der Waals surface area contributed by atoms with Crippen molar-refractivity contribution >= 4 is 17.3 Å². The summed E-state index contributed by atoms with van der Waals surface area (Å²) in [6, 6.07) is 11.9. The minimum absolute atomic E-state index is 0.00152. The Labute approximate surface area is 195 Å². The van der Waals surface area contributed by atoms with Crippen molar-refractivity contribution in [2.75, 3.05) is 37.5 Å². The zero-order valence-corrected chi connectivity index (χ0v) is 18.9. The molecule has 2 aromatic carbocycles. The highest BCUT2D eigenvalue weighted by atomic mass is 19.4. The van der Waals surface area contributed by atoms with Crippen LogP contribution in [0.15, 0.2) is 52.9 Å². The van der Waals surface area contributed by atoms with E-state index in [9.17, 15) is 18.0 Å². The first-order valence-electron chi connectivity index (χ1n) is 10.9. The maximum Gasteiger partial charge on any atom is 0.416 e. The standard InChI is InChI=1S/C25H25F3N2O4/c1-32-18-6-9-22(33-2)16(13-18)14-19-7-10-23(34-19)24(31)29-20-15-17(25(26,27)28)5-8-21(20)30-11-3-4-12-30/h5-10,13,15H,3-4,11-12,14H2,1-2H3,(H,29,31). The Morgan fingerprint density at radius 3 is 2.47 bits per heavy atom. The maximum atomic E-state index is 13.3. The van der Waals surface area contributed by atoms with E-state index in [0.29, 0.717) is 29.4 Å². The zero-order valence-electron chi connectivity index (χ0n) is 18.9. The van der Waals surface area contributed by atoms with E-state index in [-0.39, 0.29) is 11.4 Å². The number of carbonyl (C=O) groups is 1. The molecule has 1 aromatic heterocycles. The molecular formula is C25H25F3N2O4. The molecule has 0 bridgehead atoms. The molecule has 0 spiro atoms. The number of carbonyl (C=O) groups excluding carboxylic acids is 1. The lowest BCUT2D eigenvalue weighted by atomic mass is 10.1. The van der Waals surface area contributed by atoms with Crippen molar-refractivity contribution in [3.63, 3.8) is 0 Å². The average molecular weight is 474 g/mol. The molecule has 1 amide bonds. The summed E-state index contributed by atoms with van der Waals surface area (Å²) in [6.45, 7) is 1.45. The monoisotopic (exact) mass is 474 g/mol. The molecule has 0 atom stereocenters. The first-order chi connectivity index (χ1) is 16.3. The third-order valence-corrected chi connectivity index (χ3v) is 5.76. The van der Waals surface area contributed by atoms with Crippen LogP contribution in [0.3, 0.4) is 0 Å². The number of ether oxygens (including phenoxy) is 2. The molecule has 0 unspecified atom stereocenters. The van der Waals surface area contributed by atoms with Gasteiger partial charge in [-0.25, -0.2) is 0 Å². The van der Waals surface area contributed by atoms with Gasteiger partial charge in [-0.3, -0.25) is 4.79 Å². The minimum atomic E-state index is -4.52. The molecule has 1 N–H and O–H groups in total. The van der Waals surface area contributed by atoms with Crippen LogP contribution >= 0.6 is 0 Å². The summed E-state index contributed by atoms with van der Waals surface area (Å²) in [5.74, 6) is 1.17. The lowest BCUT2D eigenvalue weighted by molar-refractivity contribution is -0.137. The van der Waals surface area contributed by atoms with Crippen LogP contribution in [0.2, 0.25) is 0 Å². The molecule has 1 saturated heterocycles. The number of amides is 1. The Kier molecular flexibility index (Phi) is 6.72. The zero-order chi connectivity index (χ0) is 24.3. The van der Waals surface area contributed by atoms with Crippen molar-refractivity contribution in [2.24, 2.45) is 0 Å². The van der Waals surface area contributed by atoms with Crippen molar-refractivity contribution in [3.05, 3.63) is 71.2 Å². The SMILES string of the molecule is COc1ccc(OC)c(Cc2ccc(C(=O)Nc3cc(C(F)(F)F)ccc3N3CCCC3)o2)c1. The number of hydrogen-bond donors (Lipinski definition) is 1. The third kappa shape index (κ3) is 5.13. The largest absolute Gasteiger partial charge is 0.497 e. The molecule has 2 heterocycles. The fourth-order valence-electron chi connectivity index (χ4n) is 4.03. The number of alkyl halides is 3. The topological polar surface area (TPSA) is 63.9 Å². The highest BCUT2D eigenvalue weighted by molar-refractivity contribution is 6.04. The van der Waals surface area contributed by atoms with Gasteiger partial charge in [0.05, 0.1) is 31.2 Å². The van der Waals surface area contributed by atoms with Gasteiger partial charge in [-0.15, -0.1) is 0 Å². The van der Waals surface area contributed by atoms with Gasteiger partial charge in [0.1, 0.15) is 17.3 Å². The summed E-state index contributed by atoms with van der Waals surface area (Å²) in [7, 11) is 3.12. The van der Waals surface area contributed by atoms with Crippen LogP contribution in [-0.2, 0) is 12.6 Å². The fourth-order valence-corrected chi connectivity index (χ4v) is 4.03. The first kappa shape index (κ1) is 23.5. The van der Waals surface area contributed by atoms with Crippen molar-refractivity contribution in [1.82, 2.24) is 0 Å². The maximum absolute atomic E-state index is 13.3. The highest BCUT2D eigenvalue weighted by Crippen LogP contribution is 2.37. The molecule has 3 aromatic rings. The Morgan fingerprint density at radius 1 is 1.03 bits per heavy atom. The molecule has 0 saturated carbocycles. The number of rotatable bonds is 7. The van der Waals surface area contributed by atoms with Gasteiger partial charge in [0.2, 0.25) is 0 Å². The molecule has 1 aliphatic rings. The number of halogens is 3. The van der Waals surface area contributed by atoms with Crippen molar-refractivity contribution in [1.29, 1.82) is 0 Å². The van der Waals surface area contributed by atoms with E-state index in [2.05, 4.69) is 5.32 Å². The van der Waals surface area contributed by atoms with Gasteiger partial charge in [-0.2, -0.15) is 13.2 Å². The summed E-state index contributed by atoms with van der Waals surface area (Å²) >= 11 is 0. The summed E-state index contributed by atoms with van der Waals surface area (Å²) in [5.41, 5.74) is 0.647. The lowest BCUT2D eigenvalue weighted by Crippen LogP contribution is -2.21. The van der Waals surface area contributed by atoms with Crippen molar-refractivity contribution in [3.8, 4) is 11.5 Å². The van der Waals surface area contributed by atoms with E-state index < -0.39 is 17.6 Å². The quantitative estimate of drug-likeness (QED) is 0.472. The molecule has 180 valence electrons. The van der Waals surface area contributed by atoms with Crippen LogP contribution < -0.4 is 19.7 Å². The Morgan fingerprint density at radius 2 is 1.79 bits per heavy atom. The second-order valence-electron chi connectivity index (χ2n) is 8.00. The van der Waals surface area contributed by atoms with E-state index >= 15 is 0 Å². The first-order valence-corrected chi connectivity index (χ1v) is 10.9. The molecule has 0 radical (unpaired) electrons. The number of benzene rings is 2. The van der Waals surface area contributed by atoms with Gasteiger partial charge >= 0.3 is 6.18 Å². The fraction of sp³-hybridized carbons (Fsp3) is 0.320. The van der Waals surface area contributed by atoms with E-state index in [1.54, 1.807) is 32.4 Å². The molecule has 1 aliphatic heterocycles. The van der Waals surface area contributed by atoms with Gasteiger partial charge in [0, 0.05) is 25.1 Å². The predicted molar refractivity (Wildman–Crippen MR) is 122 cm³/mol. The summed E-state index contributed by atoms with van der Waals surface area (Å²) < 4.78 is 56.2. The number of hydrogen-bond acceptors (Lipinski definition) is 5. The van der Waals surface area contributed by atoms with Crippen molar-refractivity contribution in [2.45, 2.75) is 25.4 Å². The van der Waals surface area contributed by atoms with E-state index in [4.69, 9.17) is 13.9 Å². The second kappa shape index (κ2) is 9.70. The molecule has 1 fully saturated rings. The summed E-state index contributed by atoms with van der Waals surface area (Å²) in [4.78, 5) is 14.9. The van der Waals surface area contributed by atoms with E-state index in [1.807, 2.05) is 11.0 Å². The number of methoxy groups -OCH3 is 2. The van der Waals surface area contributed by atoms with Gasteiger partial charge in [0.25, 0.3) is 5.91 Å². The van der Waals surface area contributed by atoms with Crippen LogP contribution in [0.25, 0.3) is 0 Å². The smallest absolute Gasteiger partial charge is 0.416 e. The number of anilines is 2. The predicted octanol–water partition coefficient (Wildman–Crippen LogP) is 5.76. The molecule has 9 heteroatoms. The molecule has 4 rings (SSSR count). The minimum Gasteiger partial charge on any atom is -0.497 e. The van der Waals surface area contributed by atoms with Gasteiger partial charge in [-0.1, -0.05) is 0 Å². The Balaban J connectivity index is 1.56. The molecule has 6 nitrogen and oxygen atoms in total. The lowest BCUT2D eigenvalue weighted by Gasteiger charge is -2.22. The van der Waals surface area contributed by atoms with Gasteiger partial charge in [-0.05, 0) is 61.4 Å². The summed E-state index contributed by atoms with van der Waals surface area (Å²) in [6.07, 6.45) is -2.28. The number of furan rings is 1. The van der Waals surface area contributed by atoms with E-state index in [0.717, 1.165) is 43.6 Å². The number of nitrogens with zero attached hydrogens (tertiary/aromatic N) is 1. The van der Waals surface area contributed by atoms with Crippen LogP contribution in [0.1, 0.15) is 40.3 Å². The number of nitrogens with one attached hydrogen (secondary N) is 1. The van der Waals surface area contributed by atoms with Crippen LogP contribution in [0.4, 0.5) is 24.5 Å². The summed E-state index contributed by atoms with van der Waals surface area (Å²) in [5, 5.41) is 2.62. The normalized spacial score (nSPS) is 13.7. The highest BCUT2D eigenvalue weighted by Gasteiger charge is 2.32. The van der Waals surface area contributed by atoms with Gasteiger partial charge < -0.3 is 24.1 Å². The van der Waals surface area contributed by atoms with Crippen LogP contribution in [-0.4, -0.2) is 33.2 Å². The molecule has 0 aliphatic carbocycles. The van der Waals surface area contributed by atoms with Gasteiger partial charge in [0.15, 0.2) is 5.76 Å². The van der Waals surface area contributed by atoms with Crippen LogP contribution in [0, 0.1) is 0 Å². The third-order valence-electron chi connectivity index (χ3n) is 5.76. The van der Waals surface area contributed by atoms with E-state index in [1.165, 1.54) is 12.1 Å². The molecular weight excluding hydrogens is 449 g/mol. The molecule has 34 heavy (non-hydrogen) atoms. The van der Waals surface area contributed by atoms with Crippen molar-refractivity contribution < 1.29 is 31.9 Å². The van der Waals surface area contributed by atoms with Crippen LogP contribution in [0.5, 0.6) is 11.5 Å².